The number of carbonyl (C=O) groups is 1. The van der Waals surface area contributed by atoms with Crippen LogP contribution in [0.2, 0.25) is 0 Å². The Morgan fingerprint density at radius 1 is 0.966 bits per heavy atom. The van der Waals surface area contributed by atoms with Crippen molar-refractivity contribution in [3.63, 3.8) is 0 Å². The van der Waals surface area contributed by atoms with Gasteiger partial charge in [-0.05, 0) is 51.2 Å². The molecule has 3 rings (SSSR count). The zero-order chi connectivity index (χ0) is 20.7. The van der Waals surface area contributed by atoms with Gasteiger partial charge in [0.05, 0.1) is 12.0 Å². The molecular formula is C25H32O4. The second kappa shape index (κ2) is 10.0. The third kappa shape index (κ3) is 6.69. The number of esters is 1. The molecule has 2 aromatic rings. The molecule has 2 aromatic carbocycles. The fraction of sp³-hybridized carbons (Fsp3) is 0.480. The molecule has 0 amide bonds. The lowest BCUT2D eigenvalue weighted by atomic mass is 9.81. The maximum absolute atomic E-state index is 12.8. The van der Waals surface area contributed by atoms with Gasteiger partial charge in [-0.3, -0.25) is 4.79 Å². The zero-order valence-corrected chi connectivity index (χ0v) is 17.7. The van der Waals surface area contributed by atoms with Crippen LogP contribution in [-0.2, 0) is 19.3 Å². The highest BCUT2D eigenvalue weighted by molar-refractivity contribution is 5.70. The first-order chi connectivity index (χ1) is 13.9. The van der Waals surface area contributed by atoms with Gasteiger partial charge in [-0.1, -0.05) is 67.1 Å². The number of hydrogen-bond donors (Lipinski definition) is 0. The van der Waals surface area contributed by atoms with E-state index in [1.54, 1.807) is 0 Å². The number of hydrogen-bond acceptors (Lipinski definition) is 4. The normalized spacial score (nSPS) is 20.8. The summed E-state index contributed by atoms with van der Waals surface area (Å²) in [6.45, 7) is 5.75. The molecule has 1 fully saturated rings. The monoisotopic (exact) mass is 396 g/mol. The molecule has 0 heterocycles. The molecule has 0 bridgehead atoms. The highest BCUT2D eigenvalue weighted by Crippen LogP contribution is 2.35. The minimum absolute atomic E-state index is 0.0846. The largest absolute Gasteiger partial charge is 0.462 e. The van der Waals surface area contributed by atoms with Crippen LogP contribution in [0.1, 0.15) is 76.0 Å². The summed E-state index contributed by atoms with van der Waals surface area (Å²) in [5.41, 5.74) is 1.69. The Labute approximate surface area is 174 Å². The molecule has 156 valence electrons. The predicted octanol–water partition coefficient (Wildman–Crippen LogP) is 6.13. The van der Waals surface area contributed by atoms with Gasteiger partial charge in [-0.2, -0.15) is 0 Å². The summed E-state index contributed by atoms with van der Waals surface area (Å²) in [6.07, 6.45) is 3.75. The molecular weight excluding hydrogens is 364 g/mol. The Bertz CT molecular complexity index is 751. The van der Waals surface area contributed by atoms with Crippen molar-refractivity contribution in [2.75, 3.05) is 0 Å². The van der Waals surface area contributed by atoms with E-state index in [1.165, 1.54) is 12.0 Å². The van der Waals surface area contributed by atoms with Crippen molar-refractivity contribution >= 4 is 5.97 Å². The quantitative estimate of drug-likeness (QED) is 0.321. The van der Waals surface area contributed by atoms with E-state index in [0.29, 0.717) is 0 Å². The van der Waals surface area contributed by atoms with E-state index in [9.17, 15) is 4.79 Å². The van der Waals surface area contributed by atoms with Crippen molar-refractivity contribution in [3.8, 4) is 0 Å². The van der Waals surface area contributed by atoms with Crippen LogP contribution in [0, 0.1) is 0 Å². The van der Waals surface area contributed by atoms with E-state index in [0.717, 1.165) is 24.8 Å². The molecule has 0 spiro atoms. The average molecular weight is 397 g/mol. The summed E-state index contributed by atoms with van der Waals surface area (Å²) < 4.78 is 5.97. The molecule has 0 radical (unpaired) electrons. The van der Waals surface area contributed by atoms with Gasteiger partial charge in [-0.25, -0.2) is 9.78 Å². The third-order valence-electron chi connectivity index (χ3n) is 5.15. The lowest BCUT2D eigenvalue weighted by molar-refractivity contribution is -0.376. The maximum Gasteiger partial charge on any atom is 0.309 e. The summed E-state index contributed by atoms with van der Waals surface area (Å²) in [6, 6.07) is 20.1. The topological polar surface area (TPSA) is 44.8 Å². The van der Waals surface area contributed by atoms with Crippen LogP contribution in [0.25, 0.3) is 0 Å². The molecule has 1 aliphatic carbocycles. The molecule has 4 nitrogen and oxygen atoms in total. The van der Waals surface area contributed by atoms with Gasteiger partial charge in [-0.15, -0.1) is 0 Å². The van der Waals surface area contributed by atoms with Gasteiger partial charge in [0.1, 0.15) is 12.2 Å². The minimum Gasteiger partial charge on any atom is -0.462 e. The molecule has 0 aliphatic heterocycles. The van der Waals surface area contributed by atoms with Crippen LogP contribution in [0.3, 0.4) is 0 Å². The van der Waals surface area contributed by atoms with Crippen LogP contribution in [0.4, 0.5) is 0 Å². The molecule has 0 aromatic heterocycles. The van der Waals surface area contributed by atoms with Crippen LogP contribution in [0.15, 0.2) is 60.7 Å². The van der Waals surface area contributed by atoms with E-state index in [-0.39, 0.29) is 24.4 Å². The standard InChI is InChI=1S/C25H32O4/c1-25(2,3)29-28-23(20-14-8-5-9-15-20)18-24(26)27-22-17-11-10-16-21(22)19-12-6-4-7-13-19/h4-9,12-15,21-23H,10-11,16-18H2,1-3H3/t21-,22+,23?/m1/s1. The molecule has 3 atom stereocenters. The van der Waals surface area contributed by atoms with Crippen LogP contribution < -0.4 is 0 Å². The summed E-state index contributed by atoms with van der Waals surface area (Å²) >= 11 is 0. The van der Waals surface area contributed by atoms with Crippen molar-refractivity contribution in [1.29, 1.82) is 0 Å². The van der Waals surface area contributed by atoms with Gasteiger partial charge in [0, 0.05) is 5.92 Å². The Morgan fingerprint density at radius 3 is 2.24 bits per heavy atom. The fourth-order valence-corrected chi connectivity index (χ4v) is 3.77. The molecule has 0 saturated heterocycles. The van der Waals surface area contributed by atoms with E-state index in [2.05, 4.69) is 12.1 Å². The van der Waals surface area contributed by atoms with E-state index < -0.39 is 11.7 Å². The van der Waals surface area contributed by atoms with Crippen molar-refractivity contribution < 1.29 is 19.3 Å². The molecule has 0 N–H and O–H groups in total. The third-order valence-corrected chi connectivity index (χ3v) is 5.15. The molecule has 29 heavy (non-hydrogen) atoms. The van der Waals surface area contributed by atoms with E-state index in [1.807, 2.05) is 69.3 Å². The maximum atomic E-state index is 12.8. The first kappa shape index (κ1) is 21.5. The van der Waals surface area contributed by atoms with Gasteiger partial charge < -0.3 is 4.74 Å². The molecule has 1 saturated carbocycles. The first-order valence-corrected chi connectivity index (χ1v) is 10.6. The predicted molar refractivity (Wildman–Crippen MR) is 113 cm³/mol. The Hall–Kier alpha value is -2.17. The Kier molecular flexibility index (Phi) is 7.45. The van der Waals surface area contributed by atoms with Crippen molar-refractivity contribution in [3.05, 3.63) is 71.8 Å². The molecule has 1 aliphatic rings. The molecule has 1 unspecified atom stereocenters. The smallest absolute Gasteiger partial charge is 0.309 e. The van der Waals surface area contributed by atoms with Gasteiger partial charge >= 0.3 is 5.97 Å². The molecule has 4 heteroatoms. The summed E-state index contributed by atoms with van der Waals surface area (Å²) in [7, 11) is 0. The average Bonchev–Trinajstić information content (AvgIpc) is 2.72. The fourth-order valence-electron chi connectivity index (χ4n) is 3.77. The van der Waals surface area contributed by atoms with Gasteiger partial charge in [0.2, 0.25) is 0 Å². The lowest BCUT2D eigenvalue weighted by Gasteiger charge is -2.32. The number of benzene rings is 2. The SMILES string of the molecule is CC(C)(C)OOC(CC(=O)O[C@H]1CCCC[C@@H]1c1ccccc1)c1ccccc1. The number of ether oxygens (including phenoxy) is 1. The number of carbonyl (C=O) groups excluding carboxylic acids is 1. The summed E-state index contributed by atoms with van der Waals surface area (Å²) in [5, 5.41) is 0. The zero-order valence-electron chi connectivity index (χ0n) is 17.7. The van der Waals surface area contributed by atoms with E-state index >= 15 is 0 Å². The second-order valence-corrected chi connectivity index (χ2v) is 8.73. The van der Waals surface area contributed by atoms with Gasteiger partial charge in [0.15, 0.2) is 0 Å². The number of rotatable bonds is 7. The second-order valence-electron chi connectivity index (χ2n) is 8.73. The van der Waals surface area contributed by atoms with Crippen LogP contribution in [-0.4, -0.2) is 17.7 Å². The minimum atomic E-state index is -0.498. The van der Waals surface area contributed by atoms with Crippen LogP contribution in [0.5, 0.6) is 0 Å². The van der Waals surface area contributed by atoms with E-state index in [4.69, 9.17) is 14.5 Å². The lowest BCUT2D eigenvalue weighted by Crippen LogP contribution is -2.30. The van der Waals surface area contributed by atoms with Crippen molar-refractivity contribution in [1.82, 2.24) is 0 Å². The summed E-state index contributed by atoms with van der Waals surface area (Å²) in [5.74, 6) is 0.0139. The van der Waals surface area contributed by atoms with Crippen molar-refractivity contribution in [2.45, 2.75) is 76.6 Å². The Balaban J connectivity index is 1.67. The van der Waals surface area contributed by atoms with Crippen molar-refractivity contribution in [2.24, 2.45) is 0 Å². The van der Waals surface area contributed by atoms with Crippen LogP contribution >= 0.6 is 0 Å². The Morgan fingerprint density at radius 2 is 1.59 bits per heavy atom. The highest BCUT2D eigenvalue weighted by Gasteiger charge is 2.31. The summed E-state index contributed by atoms with van der Waals surface area (Å²) in [4.78, 5) is 24.0. The van der Waals surface area contributed by atoms with Gasteiger partial charge in [0.25, 0.3) is 0 Å². The highest BCUT2D eigenvalue weighted by atomic mass is 17.2. The first-order valence-electron chi connectivity index (χ1n) is 10.6.